The molecule has 0 N–H and O–H groups in total. The zero-order chi connectivity index (χ0) is 41.2. The maximum Gasteiger partial charge on any atom is 0.306 e. The first-order valence-electron chi connectivity index (χ1n) is 18.6. The molecule has 2 fully saturated rings. The van der Waals surface area contributed by atoms with Crippen molar-refractivity contribution in [2.75, 3.05) is 13.2 Å². The molecule has 0 aromatic carbocycles. The average molecular weight is 791 g/mol. The van der Waals surface area contributed by atoms with Crippen LogP contribution in [0.2, 0.25) is 0 Å². The fourth-order valence-corrected chi connectivity index (χ4v) is 5.14. The predicted octanol–water partition coefficient (Wildman–Crippen LogP) is 2.29. The molecule has 2 aliphatic rings. The van der Waals surface area contributed by atoms with Crippen LogP contribution in [0, 0.1) is 0 Å². The van der Waals surface area contributed by atoms with Gasteiger partial charge in [0.15, 0.2) is 36.6 Å². The molecular formula is C36H54O19. The van der Waals surface area contributed by atoms with E-state index in [1.807, 2.05) is 0 Å². The van der Waals surface area contributed by atoms with E-state index in [0.717, 1.165) is 0 Å². The summed E-state index contributed by atoms with van der Waals surface area (Å²) in [6.45, 7) is 10.9. The number of esters is 8. The van der Waals surface area contributed by atoms with Crippen molar-refractivity contribution in [1.29, 1.82) is 0 Å². The molecule has 312 valence electrons. The van der Waals surface area contributed by atoms with E-state index in [1.54, 1.807) is 0 Å². The van der Waals surface area contributed by atoms with Crippen molar-refractivity contribution in [2.24, 2.45) is 0 Å². The molecule has 5 unspecified atom stereocenters. The highest BCUT2D eigenvalue weighted by Gasteiger charge is 2.58. The summed E-state index contributed by atoms with van der Waals surface area (Å²) in [4.78, 5) is 101. The quantitative estimate of drug-likeness (QED) is 0.127. The Morgan fingerprint density at radius 3 is 0.836 bits per heavy atom. The van der Waals surface area contributed by atoms with Crippen molar-refractivity contribution in [2.45, 2.75) is 168 Å². The zero-order valence-electron chi connectivity index (χ0n) is 32.6. The molecule has 0 aromatic rings. The van der Waals surface area contributed by atoms with Crippen molar-refractivity contribution in [1.82, 2.24) is 0 Å². The largest absolute Gasteiger partial charge is 0.463 e. The van der Waals surface area contributed by atoms with Gasteiger partial charge in [0.25, 0.3) is 0 Å². The van der Waals surface area contributed by atoms with E-state index in [-0.39, 0.29) is 51.4 Å². The summed E-state index contributed by atoms with van der Waals surface area (Å²) < 4.78 is 63.3. The molecule has 2 aliphatic heterocycles. The fourth-order valence-electron chi connectivity index (χ4n) is 5.14. The van der Waals surface area contributed by atoms with Crippen LogP contribution in [0.3, 0.4) is 0 Å². The van der Waals surface area contributed by atoms with Crippen LogP contribution in [0.1, 0.15) is 107 Å². The summed E-state index contributed by atoms with van der Waals surface area (Å²) in [5, 5.41) is 0. The van der Waals surface area contributed by atoms with Crippen LogP contribution >= 0.6 is 0 Å². The standard InChI is InChI=1S/C36H54O19/c1-9-21(37)45-17-19-29(49-23(39)11-3)31(51-25(41)13-5)33(53-27(43)15-7)35(47-19)55-36-34(54-28(44)16-8)32(52-26(42)14-6)30(50-24(40)12-4)20(48-36)18-46-22(38)10-2/h19-20,29-36H,9-18H2,1-8H3/t19?,20?,29-,30+,31+,32?,33?,34?,35-,36+/m1/s1. The van der Waals surface area contributed by atoms with Crippen molar-refractivity contribution in [3.05, 3.63) is 0 Å². The van der Waals surface area contributed by atoms with E-state index in [4.69, 9.17) is 52.1 Å². The van der Waals surface area contributed by atoms with Gasteiger partial charge in [0, 0.05) is 51.4 Å². The second kappa shape index (κ2) is 23.5. The normalized spacial score (nSPS) is 27.4. The highest BCUT2D eigenvalue weighted by molar-refractivity contribution is 5.73. The van der Waals surface area contributed by atoms with E-state index in [2.05, 4.69) is 0 Å². The van der Waals surface area contributed by atoms with Gasteiger partial charge in [0.2, 0.25) is 12.6 Å². The number of carbonyl (C=O) groups is 8. The van der Waals surface area contributed by atoms with E-state index in [9.17, 15) is 38.4 Å². The maximum atomic E-state index is 12.9. The summed E-state index contributed by atoms with van der Waals surface area (Å²) in [5.74, 6) is -6.14. The Bertz CT molecular complexity index is 1230. The number of hydrogen-bond donors (Lipinski definition) is 0. The Labute approximate surface area is 319 Å². The fraction of sp³-hybridized carbons (Fsp3) is 0.778. The third kappa shape index (κ3) is 14.0. The minimum Gasteiger partial charge on any atom is -0.463 e. The molecule has 0 aliphatic carbocycles. The lowest BCUT2D eigenvalue weighted by Gasteiger charge is -2.48. The van der Waals surface area contributed by atoms with Crippen LogP contribution in [-0.2, 0) is 90.5 Å². The predicted molar refractivity (Wildman–Crippen MR) is 182 cm³/mol. The van der Waals surface area contributed by atoms with Gasteiger partial charge in [-0.25, -0.2) is 0 Å². The number of rotatable bonds is 20. The second-order valence-corrected chi connectivity index (χ2v) is 12.1. The second-order valence-electron chi connectivity index (χ2n) is 12.1. The minimum atomic E-state index is -1.84. The van der Waals surface area contributed by atoms with Gasteiger partial charge in [0.05, 0.1) is 0 Å². The first-order valence-corrected chi connectivity index (χ1v) is 18.6. The van der Waals surface area contributed by atoms with Crippen LogP contribution < -0.4 is 0 Å². The molecule has 0 spiro atoms. The lowest BCUT2D eigenvalue weighted by Crippen LogP contribution is -2.67. The molecule has 0 amide bonds. The van der Waals surface area contributed by atoms with Gasteiger partial charge in [-0.2, -0.15) is 0 Å². The summed E-state index contributed by atoms with van der Waals surface area (Å²) in [6.07, 6.45) is -17.3. The van der Waals surface area contributed by atoms with Crippen LogP contribution in [0.4, 0.5) is 0 Å². The van der Waals surface area contributed by atoms with Crippen molar-refractivity contribution in [3.8, 4) is 0 Å². The maximum absolute atomic E-state index is 12.9. The molecule has 0 aromatic heterocycles. The molecule has 2 rings (SSSR count). The Balaban J connectivity index is 2.83. The first kappa shape index (κ1) is 46.8. The smallest absolute Gasteiger partial charge is 0.306 e. The van der Waals surface area contributed by atoms with Gasteiger partial charge < -0.3 is 52.1 Å². The lowest BCUT2D eigenvalue weighted by atomic mass is 9.96. The molecule has 19 nitrogen and oxygen atoms in total. The Kier molecular flexibility index (Phi) is 20.0. The van der Waals surface area contributed by atoms with Crippen LogP contribution in [0.15, 0.2) is 0 Å². The van der Waals surface area contributed by atoms with Gasteiger partial charge in [0.1, 0.15) is 25.4 Å². The van der Waals surface area contributed by atoms with E-state index in [0.29, 0.717) is 0 Å². The van der Waals surface area contributed by atoms with E-state index in [1.165, 1.54) is 55.4 Å². The van der Waals surface area contributed by atoms with Crippen LogP contribution in [-0.4, -0.2) is 122 Å². The molecule has 2 saturated heterocycles. The van der Waals surface area contributed by atoms with Gasteiger partial charge >= 0.3 is 47.8 Å². The summed E-state index contributed by atoms with van der Waals surface area (Å²) in [5.41, 5.74) is 0. The molecule has 0 saturated carbocycles. The van der Waals surface area contributed by atoms with Crippen molar-refractivity contribution >= 4 is 47.8 Å². The Morgan fingerprint density at radius 1 is 0.345 bits per heavy atom. The van der Waals surface area contributed by atoms with Crippen LogP contribution in [0.5, 0.6) is 0 Å². The number of carbonyl (C=O) groups excluding carboxylic acids is 8. The third-order valence-corrected chi connectivity index (χ3v) is 8.18. The molecule has 10 atom stereocenters. The third-order valence-electron chi connectivity index (χ3n) is 8.18. The van der Waals surface area contributed by atoms with Gasteiger partial charge in [-0.15, -0.1) is 0 Å². The van der Waals surface area contributed by atoms with Gasteiger partial charge in [-0.05, 0) is 0 Å². The van der Waals surface area contributed by atoms with Crippen molar-refractivity contribution in [3.63, 3.8) is 0 Å². The Hall–Kier alpha value is -4.36. The number of hydrogen-bond acceptors (Lipinski definition) is 19. The lowest BCUT2D eigenvalue weighted by molar-refractivity contribution is -0.378. The van der Waals surface area contributed by atoms with Gasteiger partial charge in [-0.3, -0.25) is 38.4 Å². The minimum absolute atomic E-state index is 0.0386. The molecule has 19 heteroatoms. The van der Waals surface area contributed by atoms with Crippen molar-refractivity contribution < 1.29 is 90.5 Å². The Morgan fingerprint density at radius 2 is 0.582 bits per heavy atom. The molecule has 2 heterocycles. The molecular weight excluding hydrogens is 736 g/mol. The monoisotopic (exact) mass is 790 g/mol. The zero-order valence-corrected chi connectivity index (χ0v) is 32.6. The summed E-state index contributed by atoms with van der Waals surface area (Å²) >= 11 is 0. The SMILES string of the molecule is CCC(=O)OCC1O[C@@H](O[C@H]2OC(COC(=O)CC)[C@@H](OC(=O)CC)[C@H](OC(=O)CC)C2OC(=O)CC)C(OC(=O)CC)C(OC(=O)CC)[C@H]1OC(=O)CC. The summed E-state index contributed by atoms with van der Waals surface area (Å²) in [7, 11) is 0. The van der Waals surface area contributed by atoms with Crippen LogP contribution in [0.25, 0.3) is 0 Å². The first-order chi connectivity index (χ1) is 26.2. The number of ether oxygens (including phenoxy) is 11. The molecule has 0 radical (unpaired) electrons. The highest BCUT2D eigenvalue weighted by Crippen LogP contribution is 2.36. The summed E-state index contributed by atoms with van der Waals surface area (Å²) in [6, 6.07) is 0. The molecule has 0 bridgehead atoms. The van der Waals surface area contributed by atoms with E-state index >= 15 is 0 Å². The average Bonchev–Trinajstić information content (AvgIpc) is 3.19. The topological polar surface area (TPSA) is 238 Å². The molecule has 55 heavy (non-hydrogen) atoms. The van der Waals surface area contributed by atoms with Gasteiger partial charge in [-0.1, -0.05) is 55.4 Å². The highest BCUT2D eigenvalue weighted by atomic mass is 16.8. The van der Waals surface area contributed by atoms with E-state index < -0.39 is 122 Å².